The molecule has 3 aromatic carbocycles. The lowest BCUT2D eigenvalue weighted by atomic mass is 9.96. The van der Waals surface area contributed by atoms with Crippen LogP contribution in [0.2, 0.25) is 0 Å². The number of carbonyl (C=O) groups excluding carboxylic acids is 1. The van der Waals surface area contributed by atoms with Crippen LogP contribution in [-0.2, 0) is 17.9 Å². The van der Waals surface area contributed by atoms with Crippen molar-refractivity contribution in [2.24, 2.45) is 0 Å². The number of aromatic nitrogens is 2. The molecule has 35 heavy (non-hydrogen) atoms. The van der Waals surface area contributed by atoms with Crippen molar-refractivity contribution >= 4 is 32.7 Å². The number of hydrogen-bond donors (Lipinski definition) is 0. The molecule has 0 aliphatic heterocycles. The molecule has 5 nitrogen and oxygen atoms in total. The highest BCUT2D eigenvalue weighted by molar-refractivity contribution is 9.10. The molecule has 0 spiro atoms. The summed E-state index contributed by atoms with van der Waals surface area (Å²) in [6.07, 6.45) is 3.32. The maximum atomic E-state index is 13.8. The van der Waals surface area contributed by atoms with E-state index < -0.39 is 5.97 Å². The van der Waals surface area contributed by atoms with Gasteiger partial charge in [-0.2, -0.15) is 0 Å². The first-order valence-corrected chi connectivity index (χ1v) is 11.9. The van der Waals surface area contributed by atoms with Crippen LogP contribution in [0.15, 0.2) is 113 Å². The van der Waals surface area contributed by atoms with E-state index in [1.54, 1.807) is 24.5 Å². The number of ether oxygens (including phenoxy) is 1. The predicted octanol–water partition coefficient (Wildman–Crippen LogP) is 6.23. The molecular formula is C29H21BrN2O3. The number of nitrogens with zero attached hydrogens (tertiary/aromatic N) is 2. The van der Waals surface area contributed by atoms with Crippen LogP contribution in [0.5, 0.6) is 0 Å². The number of benzene rings is 3. The second-order valence-corrected chi connectivity index (χ2v) is 9.01. The molecule has 0 radical (unpaired) electrons. The van der Waals surface area contributed by atoms with Gasteiger partial charge < -0.3 is 4.74 Å². The summed E-state index contributed by atoms with van der Waals surface area (Å²) in [4.78, 5) is 31.5. The van der Waals surface area contributed by atoms with Crippen molar-refractivity contribution in [1.29, 1.82) is 0 Å². The number of esters is 1. The number of fused-ring (bicyclic) bond motifs is 1. The monoisotopic (exact) mass is 524 g/mol. The molecule has 0 fully saturated rings. The van der Waals surface area contributed by atoms with E-state index in [0.29, 0.717) is 16.3 Å². The zero-order valence-corrected chi connectivity index (χ0v) is 20.3. The highest BCUT2D eigenvalue weighted by Gasteiger charge is 2.25. The van der Waals surface area contributed by atoms with Crippen LogP contribution in [0.25, 0.3) is 21.9 Å². The van der Waals surface area contributed by atoms with E-state index in [4.69, 9.17) is 4.74 Å². The Labute approximate surface area is 210 Å². The Morgan fingerprint density at radius 3 is 2.29 bits per heavy atom. The summed E-state index contributed by atoms with van der Waals surface area (Å²) >= 11 is 3.53. The SMILES string of the molecule is O=C(OCc1cccnc1)c1c(-c2ccccc2)c2cc(Br)ccc2c(=O)n1Cc1ccccc1. The van der Waals surface area contributed by atoms with E-state index in [0.717, 1.165) is 21.2 Å². The molecular weight excluding hydrogens is 504 g/mol. The topological polar surface area (TPSA) is 61.2 Å². The zero-order chi connectivity index (χ0) is 24.2. The fourth-order valence-corrected chi connectivity index (χ4v) is 4.51. The number of pyridine rings is 2. The quantitative estimate of drug-likeness (QED) is 0.247. The lowest BCUT2D eigenvalue weighted by molar-refractivity contribution is 0.0460. The maximum Gasteiger partial charge on any atom is 0.356 e. The van der Waals surface area contributed by atoms with Gasteiger partial charge in [0.05, 0.1) is 6.54 Å². The van der Waals surface area contributed by atoms with Crippen LogP contribution in [0.1, 0.15) is 21.6 Å². The maximum absolute atomic E-state index is 13.8. The summed E-state index contributed by atoms with van der Waals surface area (Å²) < 4.78 is 8.08. The Balaban J connectivity index is 1.76. The first kappa shape index (κ1) is 22.7. The largest absolute Gasteiger partial charge is 0.456 e. The Bertz CT molecular complexity index is 1550. The zero-order valence-electron chi connectivity index (χ0n) is 18.7. The molecule has 0 saturated heterocycles. The van der Waals surface area contributed by atoms with Gasteiger partial charge in [-0.1, -0.05) is 82.7 Å². The van der Waals surface area contributed by atoms with Gasteiger partial charge >= 0.3 is 5.97 Å². The third-order valence-corrected chi connectivity index (χ3v) is 6.26. The Morgan fingerprint density at radius 2 is 1.57 bits per heavy atom. The lowest BCUT2D eigenvalue weighted by Crippen LogP contribution is -2.29. The number of hydrogen-bond acceptors (Lipinski definition) is 4. The summed E-state index contributed by atoms with van der Waals surface area (Å²) in [6.45, 7) is 0.291. The van der Waals surface area contributed by atoms with Gasteiger partial charge in [0.2, 0.25) is 0 Å². The van der Waals surface area contributed by atoms with Crippen molar-refractivity contribution in [3.05, 3.63) is 135 Å². The minimum Gasteiger partial charge on any atom is -0.456 e. The van der Waals surface area contributed by atoms with E-state index in [1.807, 2.05) is 78.9 Å². The van der Waals surface area contributed by atoms with Crippen LogP contribution in [-0.4, -0.2) is 15.5 Å². The summed E-state index contributed by atoms with van der Waals surface area (Å²) in [7, 11) is 0. The van der Waals surface area contributed by atoms with Crippen LogP contribution in [0, 0.1) is 0 Å². The minimum absolute atomic E-state index is 0.0525. The third kappa shape index (κ3) is 4.79. The second kappa shape index (κ2) is 10.1. The van der Waals surface area contributed by atoms with Gasteiger partial charge in [0.1, 0.15) is 12.3 Å². The average Bonchev–Trinajstić information content (AvgIpc) is 2.90. The van der Waals surface area contributed by atoms with Crippen LogP contribution in [0.3, 0.4) is 0 Å². The van der Waals surface area contributed by atoms with E-state index in [-0.39, 0.29) is 24.4 Å². The second-order valence-electron chi connectivity index (χ2n) is 8.09. The molecule has 0 aliphatic rings. The Kier molecular flexibility index (Phi) is 6.55. The predicted molar refractivity (Wildman–Crippen MR) is 140 cm³/mol. The molecule has 2 aromatic heterocycles. The number of carbonyl (C=O) groups is 1. The third-order valence-electron chi connectivity index (χ3n) is 5.77. The Morgan fingerprint density at radius 1 is 0.857 bits per heavy atom. The molecule has 5 aromatic rings. The molecule has 5 rings (SSSR count). The van der Waals surface area contributed by atoms with Crippen molar-refractivity contribution in [3.8, 4) is 11.1 Å². The van der Waals surface area contributed by atoms with E-state index in [1.165, 1.54) is 4.57 Å². The van der Waals surface area contributed by atoms with Crippen molar-refractivity contribution in [1.82, 2.24) is 9.55 Å². The molecule has 172 valence electrons. The van der Waals surface area contributed by atoms with Crippen molar-refractivity contribution in [3.63, 3.8) is 0 Å². The van der Waals surface area contributed by atoms with Gasteiger partial charge in [-0.15, -0.1) is 0 Å². The van der Waals surface area contributed by atoms with Gasteiger partial charge in [0.15, 0.2) is 0 Å². The number of halogens is 1. The molecule has 0 aliphatic carbocycles. The standard InChI is InChI=1S/C29H21BrN2O3/c30-23-13-14-24-25(16-23)26(22-11-5-2-6-12-22)27(29(34)35-19-21-10-7-15-31-17-21)32(28(24)33)18-20-8-3-1-4-9-20/h1-17H,18-19H2. The first-order chi connectivity index (χ1) is 17.1. The minimum atomic E-state index is -0.567. The van der Waals surface area contributed by atoms with Crippen molar-refractivity contribution in [2.75, 3.05) is 0 Å². The molecule has 0 unspecified atom stereocenters. The van der Waals surface area contributed by atoms with Crippen molar-refractivity contribution < 1.29 is 9.53 Å². The summed E-state index contributed by atoms with van der Waals surface area (Å²) in [5.74, 6) is -0.567. The average molecular weight is 525 g/mol. The van der Waals surface area contributed by atoms with Crippen molar-refractivity contribution in [2.45, 2.75) is 13.2 Å². The van der Waals surface area contributed by atoms with Gasteiger partial charge in [0.25, 0.3) is 5.56 Å². The van der Waals surface area contributed by atoms with Crippen LogP contribution >= 0.6 is 15.9 Å². The van der Waals surface area contributed by atoms with Crippen LogP contribution < -0.4 is 5.56 Å². The van der Waals surface area contributed by atoms with E-state index in [9.17, 15) is 9.59 Å². The summed E-state index contributed by atoms with van der Waals surface area (Å²) in [5, 5.41) is 1.22. The van der Waals surface area contributed by atoms with E-state index >= 15 is 0 Å². The van der Waals surface area contributed by atoms with Crippen LogP contribution in [0.4, 0.5) is 0 Å². The molecule has 0 N–H and O–H groups in total. The number of rotatable bonds is 6. The smallest absolute Gasteiger partial charge is 0.356 e. The van der Waals surface area contributed by atoms with Gasteiger partial charge in [-0.25, -0.2) is 4.79 Å². The summed E-state index contributed by atoms with van der Waals surface area (Å²) in [5.41, 5.74) is 3.14. The van der Waals surface area contributed by atoms with Gasteiger partial charge in [-0.3, -0.25) is 14.3 Å². The fraction of sp³-hybridized carbons (Fsp3) is 0.0690. The highest BCUT2D eigenvalue weighted by Crippen LogP contribution is 2.33. The molecule has 0 atom stereocenters. The summed E-state index contributed by atoms with van der Waals surface area (Å²) in [6, 6.07) is 28.4. The molecule has 6 heteroatoms. The Hall–Kier alpha value is -4.03. The lowest BCUT2D eigenvalue weighted by Gasteiger charge is -2.19. The molecule has 0 bridgehead atoms. The highest BCUT2D eigenvalue weighted by atomic mass is 79.9. The molecule has 2 heterocycles. The van der Waals surface area contributed by atoms with Gasteiger partial charge in [-0.05, 0) is 40.8 Å². The fourth-order valence-electron chi connectivity index (χ4n) is 4.15. The molecule has 0 saturated carbocycles. The normalized spacial score (nSPS) is 10.9. The molecule has 0 amide bonds. The van der Waals surface area contributed by atoms with Gasteiger partial charge in [0, 0.05) is 33.4 Å². The first-order valence-electron chi connectivity index (χ1n) is 11.1. The van der Waals surface area contributed by atoms with E-state index in [2.05, 4.69) is 20.9 Å².